The lowest BCUT2D eigenvalue weighted by molar-refractivity contribution is 0.632. The van der Waals surface area contributed by atoms with E-state index in [0.717, 1.165) is 5.92 Å². The second kappa shape index (κ2) is 5.49. The summed E-state index contributed by atoms with van der Waals surface area (Å²) in [5.41, 5.74) is 0. The molecular formula is C7H16S. The van der Waals surface area contributed by atoms with Gasteiger partial charge in [-0.3, -0.25) is 0 Å². The molecular weight excluding hydrogens is 116 g/mol. The van der Waals surface area contributed by atoms with E-state index < -0.39 is 0 Å². The van der Waals surface area contributed by atoms with Crippen LogP contribution < -0.4 is 0 Å². The topological polar surface area (TPSA) is 0 Å². The van der Waals surface area contributed by atoms with Crippen LogP contribution >= 0.6 is 11.8 Å². The molecule has 0 aliphatic carbocycles. The highest BCUT2D eigenvalue weighted by Gasteiger charge is 1.90. The highest BCUT2D eigenvalue weighted by molar-refractivity contribution is 7.99. The SMILES string of the molecule is CCSCCC(C)C. The van der Waals surface area contributed by atoms with Crippen LogP contribution in [0.2, 0.25) is 0 Å². The van der Waals surface area contributed by atoms with Gasteiger partial charge < -0.3 is 0 Å². The Morgan fingerprint density at radius 1 is 1.38 bits per heavy atom. The lowest BCUT2D eigenvalue weighted by Crippen LogP contribution is -1.88. The van der Waals surface area contributed by atoms with Gasteiger partial charge in [0.05, 0.1) is 0 Å². The third-order valence-electron chi connectivity index (χ3n) is 1.04. The molecule has 0 N–H and O–H groups in total. The number of thioether (sulfide) groups is 1. The average Bonchev–Trinajstić information content (AvgIpc) is 1.66. The summed E-state index contributed by atoms with van der Waals surface area (Å²) in [6.45, 7) is 6.76. The van der Waals surface area contributed by atoms with E-state index in [4.69, 9.17) is 0 Å². The summed E-state index contributed by atoms with van der Waals surface area (Å²) >= 11 is 2.04. The van der Waals surface area contributed by atoms with Crippen LogP contribution in [0.4, 0.5) is 0 Å². The van der Waals surface area contributed by atoms with Crippen LogP contribution in [0.15, 0.2) is 0 Å². The molecule has 0 spiro atoms. The average molecular weight is 132 g/mol. The van der Waals surface area contributed by atoms with Gasteiger partial charge in [-0.25, -0.2) is 0 Å². The van der Waals surface area contributed by atoms with E-state index in [2.05, 4.69) is 20.8 Å². The third-order valence-corrected chi connectivity index (χ3v) is 1.98. The van der Waals surface area contributed by atoms with Gasteiger partial charge in [0.25, 0.3) is 0 Å². The summed E-state index contributed by atoms with van der Waals surface area (Å²) in [6, 6.07) is 0. The summed E-state index contributed by atoms with van der Waals surface area (Å²) in [5.74, 6) is 3.50. The fourth-order valence-electron chi connectivity index (χ4n) is 0.463. The minimum atomic E-state index is 0.883. The van der Waals surface area contributed by atoms with Crippen molar-refractivity contribution in [2.24, 2.45) is 5.92 Å². The molecule has 1 heteroatoms. The Balaban J connectivity index is 2.72. The summed E-state index contributed by atoms with van der Waals surface area (Å²) in [7, 11) is 0. The van der Waals surface area contributed by atoms with Crippen molar-refractivity contribution in [3.05, 3.63) is 0 Å². The Hall–Kier alpha value is 0.350. The molecule has 0 nitrogen and oxygen atoms in total. The van der Waals surface area contributed by atoms with E-state index in [1.54, 1.807) is 0 Å². The Labute approximate surface area is 57.1 Å². The molecule has 0 saturated heterocycles. The molecule has 0 atom stereocenters. The van der Waals surface area contributed by atoms with Crippen molar-refractivity contribution >= 4 is 11.8 Å². The van der Waals surface area contributed by atoms with Crippen molar-refractivity contribution < 1.29 is 0 Å². The van der Waals surface area contributed by atoms with Gasteiger partial charge >= 0.3 is 0 Å². The van der Waals surface area contributed by atoms with Crippen LogP contribution in [-0.4, -0.2) is 11.5 Å². The number of hydrogen-bond donors (Lipinski definition) is 0. The van der Waals surface area contributed by atoms with Crippen LogP contribution in [0.25, 0.3) is 0 Å². The molecule has 8 heavy (non-hydrogen) atoms. The van der Waals surface area contributed by atoms with Gasteiger partial charge in [0.15, 0.2) is 0 Å². The Morgan fingerprint density at radius 2 is 2.00 bits per heavy atom. The molecule has 0 aromatic heterocycles. The molecule has 0 rings (SSSR count). The summed E-state index contributed by atoms with van der Waals surface area (Å²) in [6.07, 6.45) is 1.37. The maximum Gasteiger partial charge on any atom is -0.00652 e. The summed E-state index contributed by atoms with van der Waals surface area (Å²) in [5, 5.41) is 0. The largest absolute Gasteiger partial charge is 0.162 e. The lowest BCUT2D eigenvalue weighted by atomic mass is 10.2. The van der Waals surface area contributed by atoms with Crippen LogP contribution in [-0.2, 0) is 0 Å². The van der Waals surface area contributed by atoms with Crippen LogP contribution in [0.1, 0.15) is 27.2 Å². The zero-order chi connectivity index (χ0) is 6.41. The summed E-state index contributed by atoms with van der Waals surface area (Å²) < 4.78 is 0. The first-order chi connectivity index (χ1) is 3.77. The first-order valence-electron chi connectivity index (χ1n) is 3.35. The molecule has 0 saturated carbocycles. The van der Waals surface area contributed by atoms with Gasteiger partial charge in [-0.1, -0.05) is 20.8 Å². The molecule has 0 radical (unpaired) electrons. The standard InChI is InChI=1S/C7H16S/c1-4-8-6-5-7(2)3/h7H,4-6H2,1-3H3. The van der Waals surface area contributed by atoms with Crippen LogP contribution in [0.3, 0.4) is 0 Å². The van der Waals surface area contributed by atoms with Crippen molar-refractivity contribution in [1.29, 1.82) is 0 Å². The minimum Gasteiger partial charge on any atom is -0.162 e. The monoisotopic (exact) mass is 132 g/mol. The second-order valence-electron chi connectivity index (χ2n) is 2.38. The minimum absolute atomic E-state index is 0.883. The molecule has 0 aliphatic rings. The zero-order valence-corrected chi connectivity index (χ0v) is 6.92. The van der Waals surface area contributed by atoms with E-state index in [-0.39, 0.29) is 0 Å². The predicted molar refractivity (Wildman–Crippen MR) is 42.5 cm³/mol. The normalized spacial score (nSPS) is 10.5. The highest BCUT2D eigenvalue weighted by atomic mass is 32.2. The van der Waals surface area contributed by atoms with E-state index >= 15 is 0 Å². The lowest BCUT2D eigenvalue weighted by Gasteiger charge is -2.00. The van der Waals surface area contributed by atoms with Crippen molar-refractivity contribution in [3.8, 4) is 0 Å². The maximum atomic E-state index is 2.27. The van der Waals surface area contributed by atoms with E-state index in [0.29, 0.717) is 0 Å². The van der Waals surface area contributed by atoms with Gasteiger partial charge in [-0.05, 0) is 23.8 Å². The smallest absolute Gasteiger partial charge is 0.00652 e. The van der Waals surface area contributed by atoms with Gasteiger partial charge in [0.2, 0.25) is 0 Å². The molecule has 0 aromatic rings. The number of rotatable bonds is 4. The van der Waals surface area contributed by atoms with Gasteiger partial charge in [-0.2, -0.15) is 11.8 Å². The second-order valence-corrected chi connectivity index (χ2v) is 3.77. The van der Waals surface area contributed by atoms with Crippen LogP contribution in [0.5, 0.6) is 0 Å². The molecule has 0 aromatic carbocycles. The Bertz CT molecular complexity index is 41.7. The maximum absolute atomic E-state index is 2.27. The Kier molecular flexibility index (Phi) is 5.73. The van der Waals surface area contributed by atoms with Crippen molar-refractivity contribution in [2.75, 3.05) is 11.5 Å². The van der Waals surface area contributed by atoms with Crippen molar-refractivity contribution in [2.45, 2.75) is 27.2 Å². The van der Waals surface area contributed by atoms with Crippen LogP contribution in [0, 0.1) is 5.92 Å². The van der Waals surface area contributed by atoms with Crippen molar-refractivity contribution in [1.82, 2.24) is 0 Å². The first-order valence-corrected chi connectivity index (χ1v) is 4.50. The molecule has 0 bridgehead atoms. The molecule has 0 fully saturated rings. The fraction of sp³-hybridized carbons (Fsp3) is 1.00. The first kappa shape index (κ1) is 8.35. The quantitative estimate of drug-likeness (QED) is 0.530. The molecule has 0 unspecified atom stereocenters. The van der Waals surface area contributed by atoms with Crippen molar-refractivity contribution in [3.63, 3.8) is 0 Å². The van der Waals surface area contributed by atoms with E-state index in [1.807, 2.05) is 11.8 Å². The molecule has 50 valence electrons. The molecule has 0 aliphatic heterocycles. The van der Waals surface area contributed by atoms with E-state index in [9.17, 15) is 0 Å². The predicted octanol–water partition coefficient (Wildman–Crippen LogP) is 2.79. The third kappa shape index (κ3) is 6.35. The zero-order valence-electron chi connectivity index (χ0n) is 6.11. The summed E-state index contributed by atoms with van der Waals surface area (Å²) in [4.78, 5) is 0. The highest BCUT2D eigenvalue weighted by Crippen LogP contribution is 2.06. The number of hydrogen-bond acceptors (Lipinski definition) is 1. The molecule has 0 heterocycles. The fourth-order valence-corrected chi connectivity index (χ4v) is 1.39. The van der Waals surface area contributed by atoms with E-state index in [1.165, 1.54) is 17.9 Å². The Morgan fingerprint density at radius 3 is 2.38 bits per heavy atom. The van der Waals surface area contributed by atoms with Gasteiger partial charge in [0, 0.05) is 0 Å². The molecule has 0 amide bonds. The van der Waals surface area contributed by atoms with Gasteiger partial charge in [-0.15, -0.1) is 0 Å². The van der Waals surface area contributed by atoms with Gasteiger partial charge in [0.1, 0.15) is 0 Å².